The average Bonchev–Trinajstić information content (AvgIpc) is 2.31. The summed E-state index contributed by atoms with van der Waals surface area (Å²) >= 11 is 0. The van der Waals surface area contributed by atoms with Crippen molar-refractivity contribution in [2.75, 3.05) is 19.7 Å². The highest BCUT2D eigenvalue weighted by Crippen LogP contribution is 2.34. The first kappa shape index (κ1) is 15.6. The number of alkyl halides is 3. The Kier molecular flexibility index (Phi) is 4.36. The lowest BCUT2D eigenvalue weighted by Crippen LogP contribution is -2.52. The van der Waals surface area contributed by atoms with Gasteiger partial charge in [0.1, 0.15) is 12.4 Å². The van der Waals surface area contributed by atoms with Crippen LogP contribution in [0.15, 0.2) is 24.3 Å². The van der Waals surface area contributed by atoms with Crippen molar-refractivity contribution >= 4 is 6.09 Å². The standard InChI is InChI=1S/C13H13F4NO3/c14-10-3-1-8(2-4-10)11(21-7-13(15,16)17)9-5-18(6-9)12(19)20/h1-4,9,11H,5-7H2,(H,19,20)/t11-/m1/s1. The number of nitrogens with zero attached hydrogens (tertiary/aromatic N) is 1. The Bertz CT molecular complexity index is 497. The third-order valence-corrected chi connectivity index (χ3v) is 3.23. The first-order valence-electron chi connectivity index (χ1n) is 6.18. The lowest BCUT2D eigenvalue weighted by Gasteiger charge is -2.41. The van der Waals surface area contributed by atoms with E-state index in [2.05, 4.69) is 0 Å². The highest BCUT2D eigenvalue weighted by molar-refractivity contribution is 5.66. The summed E-state index contributed by atoms with van der Waals surface area (Å²) in [5.41, 5.74) is 0.399. The number of carbonyl (C=O) groups is 1. The van der Waals surface area contributed by atoms with Crippen LogP contribution < -0.4 is 0 Å². The molecule has 8 heteroatoms. The van der Waals surface area contributed by atoms with Crippen LogP contribution in [-0.2, 0) is 4.74 Å². The molecule has 1 atom stereocenters. The van der Waals surface area contributed by atoms with Crippen molar-refractivity contribution in [2.45, 2.75) is 12.3 Å². The second kappa shape index (κ2) is 5.88. The molecule has 1 saturated heterocycles. The van der Waals surface area contributed by atoms with E-state index >= 15 is 0 Å². The Morgan fingerprint density at radius 2 is 1.90 bits per heavy atom. The number of amides is 1. The molecule has 1 aromatic rings. The molecule has 0 bridgehead atoms. The van der Waals surface area contributed by atoms with E-state index in [1.54, 1.807) is 0 Å². The van der Waals surface area contributed by atoms with Crippen LogP contribution in [0.3, 0.4) is 0 Å². The van der Waals surface area contributed by atoms with Gasteiger partial charge in [0.2, 0.25) is 0 Å². The van der Waals surface area contributed by atoms with Crippen molar-refractivity contribution < 1.29 is 32.2 Å². The summed E-state index contributed by atoms with van der Waals surface area (Å²) in [4.78, 5) is 11.8. The van der Waals surface area contributed by atoms with Gasteiger partial charge in [-0.15, -0.1) is 0 Å². The van der Waals surface area contributed by atoms with Crippen molar-refractivity contribution in [1.29, 1.82) is 0 Å². The predicted molar refractivity (Wildman–Crippen MR) is 64.2 cm³/mol. The van der Waals surface area contributed by atoms with Crippen LogP contribution in [0.25, 0.3) is 0 Å². The normalized spacial score (nSPS) is 17.4. The summed E-state index contributed by atoms with van der Waals surface area (Å²) in [5.74, 6) is -0.886. The SMILES string of the molecule is O=C(O)N1CC([C@H](OCC(F)(F)F)c2ccc(F)cc2)C1. The molecule has 0 unspecified atom stereocenters. The molecule has 1 aliphatic heterocycles. The smallest absolute Gasteiger partial charge is 0.411 e. The second-order valence-corrected chi connectivity index (χ2v) is 4.85. The van der Waals surface area contributed by atoms with E-state index in [9.17, 15) is 22.4 Å². The Hall–Kier alpha value is -1.83. The molecule has 1 aliphatic rings. The van der Waals surface area contributed by atoms with Crippen molar-refractivity contribution in [3.8, 4) is 0 Å². The monoisotopic (exact) mass is 307 g/mol. The molecule has 0 spiro atoms. The van der Waals surface area contributed by atoms with Crippen molar-refractivity contribution in [3.05, 3.63) is 35.6 Å². The highest BCUT2D eigenvalue weighted by atomic mass is 19.4. The number of ether oxygens (including phenoxy) is 1. The van der Waals surface area contributed by atoms with E-state index in [1.807, 2.05) is 0 Å². The summed E-state index contributed by atoms with van der Waals surface area (Å²) in [6.45, 7) is -1.25. The zero-order valence-corrected chi connectivity index (χ0v) is 10.8. The lowest BCUT2D eigenvalue weighted by atomic mass is 9.89. The van der Waals surface area contributed by atoms with Crippen molar-refractivity contribution in [1.82, 2.24) is 4.90 Å². The molecule has 0 saturated carbocycles. The number of hydrogen-bond acceptors (Lipinski definition) is 2. The molecule has 0 radical (unpaired) electrons. The van der Waals surface area contributed by atoms with Crippen molar-refractivity contribution in [2.24, 2.45) is 5.92 Å². The van der Waals surface area contributed by atoms with Gasteiger partial charge in [-0.2, -0.15) is 13.2 Å². The zero-order valence-electron chi connectivity index (χ0n) is 10.8. The Morgan fingerprint density at radius 3 is 2.38 bits per heavy atom. The van der Waals surface area contributed by atoms with Crippen LogP contribution in [0.1, 0.15) is 11.7 Å². The quantitative estimate of drug-likeness (QED) is 0.870. The Balaban J connectivity index is 2.08. The van der Waals surface area contributed by atoms with E-state index < -0.39 is 30.8 Å². The minimum atomic E-state index is -4.48. The first-order valence-corrected chi connectivity index (χ1v) is 6.18. The number of halogens is 4. The third-order valence-electron chi connectivity index (χ3n) is 3.23. The summed E-state index contributed by atoms with van der Waals surface area (Å²) in [6, 6.07) is 4.96. The van der Waals surface area contributed by atoms with Crippen LogP contribution in [-0.4, -0.2) is 42.0 Å². The van der Waals surface area contributed by atoms with Crippen LogP contribution in [0.5, 0.6) is 0 Å². The van der Waals surface area contributed by atoms with Gasteiger partial charge >= 0.3 is 12.3 Å². The van der Waals surface area contributed by atoms with E-state index in [-0.39, 0.29) is 19.0 Å². The first-order chi connectivity index (χ1) is 9.76. The average molecular weight is 307 g/mol. The number of benzene rings is 1. The maximum atomic E-state index is 12.9. The molecular weight excluding hydrogens is 294 g/mol. The fourth-order valence-electron chi connectivity index (χ4n) is 2.20. The summed E-state index contributed by atoms with van der Waals surface area (Å²) in [6.07, 6.45) is -6.52. The van der Waals surface area contributed by atoms with Gasteiger partial charge in [0.05, 0.1) is 6.10 Å². The Labute approximate surface area is 117 Å². The maximum absolute atomic E-state index is 12.9. The highest BCUT2D eigenvalue weighted by Gasteiger charge is 2.39. The molecule has 1 heterocycles. The van der Waals surface area contributed by atoms with Crippen LogP contribution >= 0.6 is 0 Å². The maximum Gasteiger partial charge on any atom is 0.411 e. The lowest BCUT2D eigenvalue weighted by molar-refractivity contribution is -0.196. The topological polar surface area (TPSA) is 49.8 Å². The summed E-state index contributed by atoms with van der Waals surface area (Å²) in [5, 5.41) is 8.75. The number of rotatable bonds is 4. The zero-order chi connectivity index (χ0) is 15.6. The molecule has 1 aromatic carbocycles. The molecule has 0 aliphatic carbocycles. The fourth-order valence-corrected chi connectivity index (χ4v) is 2.20. The summed E-state index contributed by atoms with van der Waals surface area (Å²) in [7, 11) is 0. The van der Waals surface area contributed by atoms with Gasteiger partial charge in [0.25, 0.3) is 0 Å². The summed E-state index contributed by atoms with van der Waals surface area (Å²) < 4.78 is 54.7. The molecule has 1 fully saturated rings. The fraction of sp³-hybridized carbons (Fsp3) is 0.462. The van der Waals surface area contributed by atoms with Gasteiger partial charge in [0.15, 0.2) is 0 Å². The molecule has 1 amide bonds. The minimum absolute atomic E-state index is 0.0925. The van der Waals surface area contributed by atoms with Gasteiger partial charge in [-0.1, -0.05) is 12.1 Å². The second-order valence-electron chi connectivity index (χ2n) is 4.85. The van der Waals surface area contributed by atoms with Crippen LogP contribution in [0, 0.1) is 11.7 Å². The van der Waals surface area contributed by atoms with E-state index in [4.69, 9.17) is 9.84 Å². The molecule has 116 valence electrons. The number of hydrogen-bond donors (Lipinski definition) is 1. The van der Waals surface area contributed by atoms with Gasteiger partial charge in [-0.25, -0.2) is 9.18 Å². The van der Waals surface area contributed by atoms with E-state index in [0.29, 0.717) is 5.56 Å². The largest absolute Gasteiger partial charge is 0.465 e. The van der Waals surface area contributed by atoms with E-state index in [0.717, 1.165) is 17.0 Å². The third kappa shape index (κ3) is 4.07. The molecule has 21 heavy (non-hydrogen) atoms. The van der Waals surface area contributed by atoms with Gasteiger partial charge in [0, 0.05) is 19.0 Å². The minimum Gasteiger partial charge on any atom is -0.465 e. The predicted octanol–water partition coefficient (Wildman–Crippen LogP) is 3.06. The molecule has 2 rings (SSSR count). The van der Waals surface area contributed by atoms with Gasteiger partial charge in [-0.05, 0) is 17.7 Å². The van der Waals surface area contributed by atoms with Crippen LogP contribution in [0.2, 0.25) is 0 Å². The molecular formula is C13H13F4NO3. The van der Waals surface area contributed by atoms with Crippen molar-refractivity contribution in [3.63, 3.8) is 0 Å². The number of likely N-dealkylation sites (tertiary alicyclic amines) is 1. The van der Waals surface area contributed by atoms with Gasteiger partial charge in [-0.3, -0.25) is 0 Å². The van der Waals surface area contributed by atoms with E-state index in [1.165, 1.54) is 12.1 Å². The van der Waals surface area contributed by atoms with Gasteiger partial charge < -0.3 is 14.7 Å². The Morgan fingerprint density at radius 1 is 1.33 bits per heavy atom. The number of carboxylic acid groups (broad SMARTS) is 1. The molecule has 0 aromatic heterocycles. The molecule has 4 nitrogen and oxygen atoms in total. The van der Waals surface area contributed by atoms with Crippen LogP contribution in [0.4, 0.5) is 22.4 Å². The molecule has 1 N–H and O–H groups in total.